The molecule has 2 atom stereocenters. The molecule has 0 saturated carbocycles. The lowest BCUT2D eigenvalue weighted by Gasteiger charge is -2.20. The van der Waals surface area contributed by atoms with Gasteiger partial charge in [0.2, 0.25) is 0 Å². The topological polar surface area (TPSA) is 54.5 Å². The van der Waals surface area contributed by atoms with E-state index in [1.807, 2.05) is 12.3 Å². The third-order valence-electron chi connectivity index (χ3n) is 4.10. The molecule has 6 heteroatoms. The first-order chi connectivity index (χ1) is 9.76. The molecule has 0 amide bonds. The lowest BCUT2D eigenvalue weighted by molar-refractivity contribution is -0.142. The van der Waals surface area contributed by atoms with E-state index in [4.69, 9.17) is 4.74 Å². The van der Waals surface area contributed by atoms with Gasteiger partial charge in [-0.25, -0.2) is 4.98 Å². The highest BCUT2D eigenvalue weighted by Gasteiger charge is 2.37. The van der Waals surface area contributed by atoms with Crippen LogP contribution in [0.3, 0.4) is 0 Å². The van der Waals surface area contributed by atoms with Crippen molar-refractivity contribution in [2.24, 2.45) is 0 Å². The second-order valence-corrected chi connectivity index (χ2v) is 6.27. The molecular formula is C14H21N3O2S. The molecular weight excluding hydrogens is 274 g/mol. The summed E-state index contributed by atoms with van der Waals surface area (Å²) < 4.78 is 4.94. The molecule has 5 nitrogen and oxygen atoms in total. The fourth-order valence-electron chi connectivity index (χ4n) is 3.22. The van der Waals surface area contributed by atoms with Crippen LogP contribution in [0, 0.1) is 0 Å². The van der Waals surface area contributed by atoms with E-state index in [1.54, 1.807) is 11.3 Å². The van der Waals surface area contributed by atoms with Gasteiger partial charge >= 0.3 is 5.97 Å². The highest BCUT2D eigenvalue weighted by molar-refractivity contribution is 7.13. The molecule has 2 aliphatic heterocycles. The van der Waals surface area contributed by atoms with Crippen LogP contribution in [0.25, 0.3) is 0 Å². The molecule has 1 N–H and O–H groups in total. The number of nitrogens with one attached hydrogen (secondary N) is 1. The van der Waals surface area contributed by atoms with Gasteiger partial charge in [0, 0.05) is 24.0 Å². The van der Waals surface area contributed by atoms with E-state index in [1.165, 1.54) is 32.4 Å². The number of hydrogen-bond donors (Lipinski definition) is 1. The molecule has 0 aliphatic carbocycles. The van der Waals surface area contributed by atoms with Crippen molar-refractivity contribution >= 4 is 22.4 Å². The number of anilines is 1. The number of ether oxygens (including phenoxy) is 1. The van der Waals surface area contributed by atoms with E-state index in [2.05, 4.69) is 15.2 Å². The zero-order chi connectivity index (χ0) is 13.9. The van der Waals surface area contributed by atoms with Crippen LogP contribution in [0.15, 0.2) is 5.38 Å². The van der Waals surface area contributed by atoms with E-state index in [9.17, 15) is 4.79 Å². The number of nitrogens with zero attached hydrogens (tertiary/aromatic N) is 2. The Hall–Kier alpha value is -1.14. The first-order valence-electron chi connectivity index (χ1n) is 7.37. The summed E-state index contributed by atoms with van der Waals surface area (Å²) in [5, 5.41) is 6.43. The van der Waals surface area contributed by atoms with Crippen LogP contribution >= 0.6 is 11.3 Å². The maximum Gasteiger partial charge on any atom is 0.311 e. The zero-order valence-corrected chi connectivity index (χ0v) is 12.6. The zero-order valence-electron chi connectivity index (χ0n) is 11.8. The first-order valence-corrected chi connectivity index (χ1v) is 8.25. The van der Waals surface area contributed by atoms with Gasteiger partial charge in [-0.05, 0) is 32.7 Å². The van der Waals surface area contributed by atoms with Crippen molar-refractivity contribution in [3.8, 4) is 0 Å². The second kappa shape index (κ2) is 6.10. The van der Waals surface area contributed by atoms with E-state index < -0.39 is 0 Å². The Morgan fingerprint density at radius 3 is 3.30 bits per heavy atom. The predicted molar refractivity (Wildman–Crippen MR) is 79.1 cm³/mol. The SMILES string of the molecule is CCOC(=O)Cc1csc(NC2CCN3CCCC23)n1. The fourth-order valence-corrected chi connectivity index (χ4v) is 4.00. The molecule has 0 aromatic carbocycles. The van der Waals surface area contributed by atoms with Gasteiger partial charge < -0.3 is 10.1 Å². The van der Waals surface area contributed by atoms with Crippen molar-refractivity contribution < 1.29 is 9.53 Å². The van der Waals surface area contributed by atoms with Crippen molar-refractivity contribution in [3.05, 3.63) is 11.1 Å². The van der Waals surface area contributed by atoms with Crippen LogP contribution in [0.1, 0.15) is 31.9 Å². The van der Waals surface area contributed by atoms with Crippen LogP contribution in [0.4, 0.5) is 5.13 Å². The number of rotatable bonds is 5. The molecule has 2 fully saturated rings. The molecule has 3 heterocycles. The van der Waals surface area contributed by atoms with Gasteiger partial charge in [-0.15, -0.1) is 11.3 Å². The number of thiazole rings is 1. The average Bonchev–Trinajstić information content (AvgIpc) is 3.09. The molecule has 20 heavy (non-hydrogen) atoms. The number of aromatic nitrogens is 1. The summed E-state index contributed by atoms with van der Waals surface area (Å²) in [6, 6.07) is 1.19. The predicted octanol–water partition coefficient (Wildman–Crippen LogP) is 1.90. The van der Waals surface area contributed by atoms with Gasteiger partial charge in [-0.3, -0.25) is 9.69 Å². The van der Waals surface area contributed by atoms with Crippen LogP contribution in [0.2, 0.25) is 0 Å². The summed E-state index contributed by atoms with van der Waals surface area (Å²) in [7, 11) is 0. The normalized spacial score (nSPS) is 25.6. The number of esters is 1. The van der Waals surface area contributed by atoms with Gasteiger partial charge in [-0.1, -0.05) is 0 Å². The van der Waals surface area contributed by atoms with Gasteiger partial charge in [0.05, 0.1) is 18.7 Å². The van der Waals surface area contributed by atoms with Gasteiger partial charge in [0.15, 0.2) is 5.13 Å². The maximum absolute atomic E-state index is 11.4. The van der Waals surface area contributed by atoms with Crippen LogP contribution < -0.4 is 5.32 Å². The number of carbonyl (C=O) groups excluding carboxylic acids is 1. The lowest BCUT2D eigenvalue weighted by atomic mass is 10.1. The standard InChI is InChI=1S/C14H21N3O2S/c1-2-19-13(18)8-10-9-20-14(15-10)16-11-5-7-17-6-3-4-12(11)17/h9,11-12H,2-8H2,1H3,(H,15,16). The minimum atomic E-state index is -0.202. The summed E-state index contributed by atoms with van der Waals surface area (Å²) in [5.41, 5.74) is 0.803. The number of carbonyl (C=O) groups is 1. The molecule has 110 valence electrons. The largest absolute Gasteiger partial charge is 0.466 e. The van der Waals surface area contributed by atoms with Crippen LogP contribution in [-0.4, -0.2) is 47.6 Å². The Morgan fingerprint density at radius 2 is 2.45 bits per heavy atom. The Morgan fingerprint density at radius 1 is 1.55 bits per heavy atom. The Kier molecular flexibility index (Phi) is 4.21. The van der Waals surface area contributed by atoms with Crippen molar-refractivity contribution in [2.75, 3.05) is 25.0 Å². The Labute approximate surface area is 123 Å². The molecule has 1 aromatic heterocycles. The quantitative estimate of drug-likeness (QED) is 0.841. The van der Waals surface area contributed by atoms with Crippen molar-refractivity contribution in [2.45, 2.75) is 44.7 Å². The molecule has 0 radical (unpaired) electrons. The number of fused-ring (bicyclic) bond motifs is 1. The summed E-state index contributed by atoms with van der Waals surface area (Å²) in [5.74, 6) is -0.202. The molecule has 3 rings (SSSR count). The molecule has 2 aliphatic rings. The summed E-state index contributed by atoms with van der Waals surface area (Å²) in [6.45, 7) is 4.69. The van der Waals surface area contributed by atoms with E-state index in [0.717, 1.165) is 10.8 Å². The fraction of sp³-hybridized carbons (Fsp3) is 0.714. The lowest BCUT2D eigenvalue weighted by Crippen LogP contribution is -2.33. The van der Waals surface area contributed by atoms with Gasteiger partial charge in [0.25, 0.3) is 0 Å². The Balaban J connectivity index is 1.56. The minimum Gasteiger partial charge on any atom is -0.466 e. The van der Waals surface area contributed by atoms with E-state index in [-0.39, 0.29) is 12.4 Å². The first kappa shape index (κ1) is 13.8. The van der Waals surface area contributed by atoms with Crippen LogP contribution in [0.5, 0.6) is 0 Å². The van der Waals surface area contributed by atoms with Crippen molar-refractivity contribution in [3.63, 3.8) is 0 Å². The molecule has 1 aromatic rings. The molecule has 0 spiro atoms. The molecule has 2 unspecified atom stereocenters. The Bertz CT molecular complexity index is 477. The maximum atomic E-state index is 11.4. The average molecular weight is 295 g/mol. The third kappa shape index (κ3) is 2.96. The smallest absolute Gasteiger partial charge is 0.311 e. The second-order valence-electron chi connectivity index (χ2n) is 5.41. The molecule has 2 saturated heterocycles. The highest BCUT2D eigenvalue weighted by Crippen LogP contribution is 2.30. The highest BCUT2D eigenvalue weighted by atomic mass is 32.1. The molecule has 0 bridgehead atoms. The van der Waals surface area contributed by atoms with Crippen molar-refractivity contribution in [1.29, 1.82) is 0 Å². The monoisotopic (exact) mass is 295 g/mol. The van der Waals surface area contributed by atoms with Gasteiger partial charge in [-0.2, -0.15) is 0 Å². The number of hydrogen-bond acceptors (Lipinski definition) is 6. The van der Waals surface area contributed by atoms with Crippen molar-refractivity contribution in [1.82, 2.24) is 9.88 Å². The van der Waals surface area contributed by atoms with Crippen LogP contribution in [-0.2, 0) is 16.0 Å². The minimum absolute atomic E-state index is 0.202. The van der Waals surface area contributed by atoms with E-state index in [0.29, 0.717) is 18.7 Å². The third-order valence-corrected chi connectivity index (χ3v) is 4.92. The summed E-state index contributed by atoms with van der Waals surface area (Å²) in [4.78, 5) is 18.5. The van der Waals surface area contributed by atoms with Gasteiger partial charge in [0.1, 0.15) is 0 Å². The van der Waals surface area contributed by atoms with E-state index >= 15 is 0 Å². The summed E-state index contributed by atoms with van der Waals surface area (Å²) in [6.07, 6.45) is 4.07. The summed E-state index contributed by atoms with van der Waals surface area (Å²) >= 11 is 1.58.